The molecule has 1 fully saturated rings. The van der Waals surface area contributed by atoms with Gasteiger partial charge in [-0.1, -0.05) is 6.08 Å². The van der Waals surface area contributed by atoms with E-state index in [-0.39, 0.29) is 0 Å². The first-order valence-corrected chi connectivity index (χ1v) is 4.36. The van der Waals surface area contributed by atoms with Gasteiger partial charge in [-0.2, -0.15) is 4.89 Å². The molecule has 1 unspecified atom stereocenters. The van der Waals surface area contributed by atoms with Crippen LogP contribution in [0.5, 0.6) is 0 Å². The van der Waals surface area contributed by atoms with Crippen LogP contribution in [0.25, 0.3) is 0 Å². The molecule has 4 heteroatoms. The topological polar surface area (TPSA) is 48.1 Å². The Labute approximate surface area is 77.4 Å². The Morgan fingerprint density at radius 1 is 1.69 bits per heavy atom. The second kappa shape index (κ2) is 4.99. The van der Waals surface area contributed by atoms with Gasteiger partial charge in [0.1, 0.15) is 0 Å². The Balaban J connectivity index is 2.22. The number of ether oxygens (including phenoxy) is 1. The summed E-state index contributed by atoms with van der Waals surface area (Å²) in [5.41, 5.74) is 0.559. The fraction of sp³-hybridized carbons (Fsp3) is 0.667. The molecule has 1 rings (SSSR count). The van der Waals surface area contributed by atoms with E-state index in [1.165, 1.54) is 0 Å². The van der Waals surface area contributed by atoms with Crippen LogP contribution >= 0.6 is 0 Å². The third-order valence-corrected chi connectivity index (χ3v) is 1.66. The molecule has 74 valence electrons. The molecule has 4 nitrogen and oxygen atoms in total. The van der Waals surface area contributed by atoms with Crippen molar-refractivity contribution in [3.63, 3.8) is 0 Å². The lowest BCUT2D eigenvalue weighted by Crippen LogP contribution is -2.06. The lowest BCUT2D eigenvalue weighted by atomic mass is 10.2. The molecule has 0 bridgehead atoms. The molecular weight excluding hydrogens is 172 g/mol. The van der Waals surface area contributed by atoms with E-state index in [4.69, 9.17) is 4.74 Å². The van der Waals surface area contributed by atoms with E-state index >= 15 is 0 Å². The lowest BCUT2D eigenvalue weighted by Gasteiger charge is -2.00. The lowest BCUT2D eigenvalue weighted by molar-refractivity contribution is -0.265. The van der Waals surface area contributed by atoms with E-state index in [0.29, 0.717) is 18.3 Å². The second-order valence-electron chi connectivity index (χ2n) is 2.86. The zero-order chi connectivity index (χ0) is 9.68. The number of carbonyl (C=O) groups is 1. The SMILES string of the molecule is CCOOC(=O)C(C)=CCC1CO1. The maximum atomic E-state index is 11.1. The van der Waals surface area contributed by atoms with Gasteiger partial charge < -0.3 is 4.74 Å². The quantitative estimate of drug-likeness (QED) is 0.280. The summed E-state index contributed by atoms with van der Waals surface area (Å²) in [5.74, 6) is -0.428. The number of hydrogen-bond acceptors (Lipinski definition) is 4. The first kappa shape index (κ1) is 10.2. The number of hydrogen-bond donors (Lipinski definition) is 0. The second-order valence-corrected chi connectivity index (χ2v) is 2.86. The zero-order valence-electron chi connectivity index (χ0n) is 7.91. The van der Waals surface area contributed by atoms with Crippen molar-refractivity contribution >= 4 is 5.97 Å². The van der Waals surface area contributed by atoms with Crippen molar-refractivity contribution in [1.82, 2.24) is 0 Å². The fourth-order valence-electron chi connectivity index (χ4n) is 0.774. The highest BCUT2D eigenvalue weighted by atomic mass is 17.2. The van der Waals surface area contributed by atoms with Crippen LogP contribution in [0.2, 0.25) is 0 Å². The molecule has 0 aromatic heterocycles. The summed E-state index contributed by atoms with van der Waals surface area (Å²) in [6.07, 6.45) is 2.88. The average molecular weight is 186 g/mol. The molecule has 0 aliphatic carbocycles. The van der Waals surface area contributed by atoms with E-state index in [0.717, 1.165) is 13.0 Å². The van der Waals surface area contributed by atoms with Crippen LogP contribution in [0.3, 0.4) is 0 Å². The van der Waals surface area contributed by atoms with Gasteiger partial charge in [-0.3, -0.25) is 4.89 Å². The van der Waals surface area contributed by atoms with Crippen molar-refractivity contribution in [3.05, 3.63) is 11.6 Å². The fourth-order valence-corrected chi connectivity index (χ4v) is 0.774. The van der Waals surface area contributed by atoms with E-state index in [1.54, 1.807) is 19.9 Å². The summed E-state index contributed by atoms with van der Waals surface area (Å²) in [5, 5.41) is 0. The minimum atomic E-state index is -0.428. The molecule has 0 amide bonds. The van der Waals surface area contributed by atoms with E-state index < -0.39 is 5.97 Å². The Kier molecular flexibility index (Phi) is 3.92. The van der Waals surface area contributed by atoms with Crippen LogP contribution in [0.15, 0.2) is 11.6 Å². The standard InChI is InChI=1S/C9H14O4/c1-3-12-13-9(10)7(2)4-5-8-6-11-8/h4,8H,3,5-6H2,1-2H3. The molecule has 1 atom stereocenters. The molecule has 13 heavy (non-hydrogen) atoms. The molecule has 1 heterocycles. The highest BCUT2D eigenvalue weighted by Gasteiger charge is 2.21. The van der Waals surface area contributed by atoms with E-state index in [9.17, 15) is 4.79 Å². The monoisotopic (exact) mass is 186 g/mol. The van der Waals surface area contributed by atoms with E-state index in [1.807, 2.05) is 0 Å². The molecule has 0 aromatic rings. The summed E-state index contributed by atoms with van der Waals surface area (Å²) >= 11 is 0. The van der Waals surface area contributed by atoms with Gasteiger partial charge in [-0.15, -0.1) is 0 Å². The Morgan fingerprint density at radius 2 is 2.38 bits per heavy atom. The molecule has 1 aliphatic rings. The van der Waals surface area contributed by atoms with Crippen molar-refractivity contribution < 1.29 is 19.3 Å². The number of rotatable bonds is 5. The molecule has 1 saturated heterocycles. The van der Waals surface area contributed by atoms with Gasteiger partial charge in [-0.25, -0.2) is 4.79 Å². The summed E-state index contributed by atoms with van der Waals surface area (Å²) in [6, 6.07) is 0. The maximum absolute atomic E-state index is 11.1. The molecule has 0 aromatic carbocycles. The van der Waals surface area contributed by atoms with Gasteiger partial charge >= 0.3 is 5.97 Å². The van der Waals surface area contributed by atoms with Crippen LogP contribution in [0, 0.1) is 0 Å². The third kappa shape index (κ3) is 4.05. The summed E-state index contributed by atoms with van der Waals surface area (Å²) in [7, 11) is 0. The van der Waals surface area contributed by atoms with Crippen molar-refractivity contribution in [2.24, 2.45) is 0 Å². The highest BCUT2D eigenvalue weighted by molar-refractivity contribution is 5.87. The van der Waals surface area contributed by atoms with Gasteiger partial charge in [0, 0.05) is 5.57 Å². The Bertz CT molecular complexity index is 206. The van der Waals surface area contributed by atoms with Crippen LogP contribution in [-0.2, 0) is 19.3 Å². The Morgan fingerprint density at radius 3 is 2.92 bits per heavy atom. The zero-order valence-corrected chi connectivity index (χ0v) is 7.91. The van der Waals surface area contributed by atoms with E-state index in [2.05, 4.69) is 9.78 Å². The molecule has 0 radical (unpaired) electrons. The van der Waals surface area contributed by atoms with Crippen LogP contribution in [0.4, 0.5) is 0 Å². The molecule has 0 saturated carbocycles. The highest BCUT2D eigenvalue weighted by Crippen LogP contribution is 2.15. The number of epoxide rings is 1. The minimum Gasteiger partial charge on any atom is -0.373 e. The van der Waals surface area contributed by atoms with Gasteiger partial charge in [0.05, 0.1) is 19.3 Å². The minimum absolute atomic E-state index is 0.301. The molecule has 0 spiro atoms. The average Bonchev–Trinajstić information content (AvgIpc) is 2.93. The normalized spacial score (nSPS) is 21.4. The predicted octanol–water partition coefficient (Wildman–Crippen LogP) is 1.22. The first-order chi connectivity index (χ1) is 6.24. The van der Waals surface area contributed by atoms with Gasteiger partial charge in [-0.05, 0) is 20.3 Å². The number of carbonyl (C=O) groups excluding carboxylic acids is 1. The van der Waals surface area contributed by atoms with Gasteiger partial charge in [0.15, 0.2) is 0 Å². The molecule has 0 N–H and O–H groups in total. The predicted molar refractivity (Wildman–Crippen MR) is 45.8 cm³/mol. The summed E-state index contributed by atoms with van der Waals surface area (Å²) < 4.78 is 4.99. The van der Waals surface area contributed by atoms with Crippen LogP contribution < -0.4 is 0 Å². The molecular formula is C9H14O4. The van der Waals surface area contributed by atoms with Crippen molar-refractivity contribution in [2.75, 3.05) is 13.2 Å². The van der Waals surface area contributed by atoms with Crippen molar-refractivity contribution in [2.45, 2.75) is 26.4 Å². The summed E-state index contributed by atoms with van der Waals surface area (Å²) in [6.45, 7) is 4.61. The van der Waals surface area contributed by atoms with Crippen LogP contribution in [0.1, 0.15) is 20.3 Å². The third-order valence-electron chi connectivity index (χ3n) is 1.66. The summed E-state index contributed by atoms with van der Waals surface area (Å²) in [4.78, 5) is 20.1. The van der Waals surface area contributed by atoms with Crippen LogP contribution in [-0.4, -0.2) is 25.3 Å². The largest absolute Gasteiger partial charge is 0.373 e. The molecule has 1 aliphatic heterocycles. The Hall–Kier alpha value is -0.870. The smallest absolute Gasteiger partial charge is 0.368 e. The van der Waals surface area contributed by atoms with Gasteiger partial charge in [0.25, 0.3) is 0 Å². The van der Waals surface area contributed by atoms with Gasteiger partial charge in [0.2, 0.25) is 0 Å². The van der Waals surface area contributed by atoms with Crippen molar-refractivity contribution in [1.29, 1.82) is 0 Å². The first-order valence-electron chi connectivity index (χ1n) is 4.36. The van der Waals surface area contributed by atoms with Crippen molar-refractivity contribution in [3.8, 4) is 0 Å². The maximum Gasteiger partial charge on any atom is 0.368 e.